The molecule has 0 bridgehead atoms. The molecule has 7 rings (SSSR count). The highest BCUT2D eigenvalue weighted by Crippen LogP contribution is 2.39. The number of aliphatic hydroxyl groups is 2. The van der Waals surface area contributed by atoms with Crippen LogP contribution in [0.4, 0.5) is 24.5 Å². The summed E-state index contributed by atoms with van der Waals surface area (Å²) >= 11 is 7.54. The van der Waals surface area contributed by atoms with Crippen LogP contribution in [-0.2, 0) is 19.9 Å². The molecule has 2 aliphatic rings. The van der Waals surface area contributed by atoms with Gasteiger partial charge in [-0.25, -0.2) is 21.6 Å². The average Bonchev–Trinajstić information content (AvgIpc) is 3.76. The van der Waals surface area contributed by atoms with Gasteiger partial charge in [-0.05, 0) is 134 Å². The Hall–Kier alpha value is -4.62. The molecule has 0 radical (unpaired) electrons. The van der Waals surface area contributed by atoms with Crippen molar-refractivity contribution < 1.29 is 45.0 Å². The second kappa shape index (κ2) is 21.6. The maximum atomic E-state index is 14.3. The fourth-order valence-electron chi connectivity index (χ4n) is 8.73. The minimum atomic E-state index is -6.09. The Morgan fingerprint density at radius 2 is 1.53 bits per heavy atom. The van der Waals surface area contributed by atoms with Crippen LogP contribution in [0.3, 0.4) is 0 Å². The Kier molecular flexibility index (Phi) is 16.1. The van der Waals surface area contributed by atoms with Gasteiger partial charge in [-0.15, -0.1) is 11.8 Å². The Morgan fingerprint density at radius 3 is 2.21 bits per heavy atom. The maximum absolute atomic E-state index is 14.3. The molecule has 0 aliphatic carbocycles. The van der Waals surface area contributed by atoms with E-state index >= 15 is 0 Å². The molecule has 66 heavy (non-hydrogen) atoms. The quantitative estimate of drug-likeness (QED) is 0.0621. The number of benzene rings is 5. The molecule has 1 amide bonds. The first-order chi connectivity index (χ1) is 31.5. The summed E-state index contributed by atoms with van der Waals surface area (Å²) in [5, 5.41) is 24.6. The molecule has 0 spiro atoms. The summed E-state index contributed by atoms with van der Waals surface area (Å²) in [6.07, 6.45) is 3.33. The van der Waals surface area contributed by atoms with Gasteiger partial charge in [-0.2, -0.15) is 13.2 Å². The number of thioether (sulfide) groups is 1. The second-order valence-electron chi connectivity index (χ2n) is 16.6. The fourth-order valence-corrected chi connectivity index (χ4v) is 11.8. The van der Waals surface area contributed by atoms with Crippen LogP contribution in [0, 0.1) is 5.92 Å². The minimum absolute atomic E-state index is 0.00652. The molecule has 3 atom stereocenters. The van der Waals surface area contributed by atoms with E-state index < -0.39 is 58.9 Å². The summed E-state index contributed by atoms with van der Waals surface area (Å²) in [4.78, 5) is 16.4. The lowest BCUT2D eigenvalue weighted by molar-refractivity contribution is -0.0435. The number of piperidine rings is 1. The number of alkyl halides is 3. The van der Waals surface area contributed by atoms with Crippen molar-refractivity contribution in [2.24, 2.45) is 5.92 Å². The summed E-state index contributed by atoms with van der Waals surface area (Å²) in [5.74, 6) is -0.741. The van der Waals surface area contributed by atoms with E-state index in [1.54, 1.807) is 12.1 Å². The molecule has 5 aromatic rings. The molecule has 4 N–H and O–H groups in total. The van der Waals surface area contributed by atoms with Gasteiger partial charge in [0.2, 0.25) is 0 Å². The normalized spacial score (nSPS) is 17.4. The predicted octanol–water partition coefficient (Wildman–Crippen LogP) is 9.18. The fraction of sp³-hybridized carbons (Fsp3) is 0.354. The first-order valence-corrected chi connectivity index (χ1v) is 26.1. The third kappa shape index (κ3) is 11.9. The van der Waals surface area contributed by atoms with Crippen molar-refractivity contribution in [3.05, 3.63) is 137 Å². The Labute approximate surface area is 393 Å². The molecule has 11 nitrogen and oxygen atoms in total. The van der Waals surface area contributed by atoms with Crippen molar-refractivity contribution >= 4 is 60.5 Å². The van der Waals surface area contributed by atoms with Gasteiger partial charge in [0, 0.05) is 65.2 Å². The molecule has 352 valence electrons. The van der Waals surface area contributed by atoms with Gasteiger partial charge in [0.05, 0.1) is 16.7 Å². The number of carbonyl (C=O) groups excluding carboxylic acids is 1. The van der Waals surface area contributed by atoms with Crippen LogP contribution in [0.25, 0.3) is 11.1 Å². The molecule has 2 saturated heterocycles. The summed E-state index contributed by atoms with van der Waals surface area (Å²) in [6.45, 7) is 2.63. The molecule has 2 heterocycles. The Morgan fingerprint density at radius 1 is 0.848 bits per heavy atom. The molecule has 0 saturated carbocycles. The van der Waals surface area contributed by atoms with Gasteiger partial charge in [0.25, 0.3) is 25.8 Å². The van der Waals surface area contributed by atoms with Crippen molar-refractivity contribution in [3.63, 3.8) is 0 Å². The SMILES string of the molecule is O=C(NS(=O)(=O)c1ccc(NC(CSc2ccccc2)CC2CCCN2CCCO)c(S(=O)(=O)C(F)(F)F)c1)c1ccc(N2CCC([C@@H](O)c3ccccc3-c3ccc(Cl)cc3)CC2)cc1. The van der Waals surface area contributed by atoms with E-state index in [4.69, 9.17) is 11.6 Å². The third-order valence-corrected chi connectivity index (χ3v) is 16.5. The first-order valence-electron chi connectivity index (χ1n) is 21.7. The van der Waals surface area contributed by atoms with Gasteiger partial charge >= 0.3 is 5.51 Å². The van der Waals surface area contributed by atoms with Crippen LogP contribution in [0.1, 0.15) is 60.6 Å². The number of hydrogen-bond acceptors (Lipinski definition) is 11. The van der Waals surface area contributed by atoms with Gasteiger partial charge in [-0.3, -0.25) is 4.79 Å². The number of anilines is 2. The van der Waals surface area contributed by atoms with E-state index in [-0.39, 0.29) is 24.1 Å². The van der Waals surface area contributed by atoms with E-state index in [2.05, 4.69) is 15.1 Å². The molecular weight excluding hydrogens is 933 g/mol. The number of amides is 1. The molecule has 5 aromatic carbocycles. The number of rotatable bonds is 18. The highest BCUT2D eigenvalue weighted by atomic mass is 35.5. The number of nitrogens with one attached hydrogen (secondary N) is 2. The molecule has 18 heteroatoms. The maximum Gasteiger partial charge on any atom is 0.501 e. The van der Waals surface area contributed by atoms with E-state index in [1.807, 2.05) is 83.6 Å². The van der Waals surface area contributed by atoms with Crippen molar-refractivity contribution in [1.29, 1.82) is 0 Å². The van der Waals surface area contributed by atoms with Gasteiger partial charge in [0.1, 0.15) is 4.90 Å². The van der Waals surface area contributed by atoms with Crippen molar-refractivity contribution in [2.45, 2.75) is 76.9 Å². The first kappa shape index (κ1) is 49.3. The van der Waals surface area contributed by atoms with Crippen LogP contribution in [0.5, 0.6) is 0 Å². The highest BCUT2D eigenvalue weighted by molar-refractivity contribution is 7.99. The Balaban J connectivity index is 1.04. The monoisotopic (exact) mass is 984 g/mol. The summed E-state index contributed by atoms with van der Waals surface area (Å²) in [6, 6.07) is 32.5. The molecule has 0 aromatic heterocycles. The summed E-state index contributed by atoms with van der Waals surface area (Å²) < 4.78 is 98.1. The highest BCUT2D eigenvalue weighted by Gasteiger charge is 2.48. The van der Waals surface area contributed by atoms with Gasteiger partial charge < -0.3 is 25.3 Å². The lowest BCUT2D eigenvalue weighted by Gasteiger charge is -2.36. The van der Waals surface area contributed by atoms with E-state index in [0.717, 1.165) is 58.8 Å². The van der Waals surface area contributed by atoms with Crippen molar-refractivity contribution in [2.75, 3.05) is 48.8 Å². The zero-order valence-electron chi connectivity index (χ0n) is 35.9. The molecule has 2 fully saturated rings. The largest absolute Gasteiger partial charge is 0.501 e. The lowest BCUT2D eigenvalue weighted by Crippen LogP contribution is -2.37. The zero-order chi connectivity index (χ0) is 47.1. The third-order valence-electron chi connectivity index (χ3n) is 12.2. The van der Waals surface area contributed by atoms with Gasteiger partial charge in [-0.1, -0.05) is 66.2 Å². The number of sulfonamides is 1. The van der Waals surface area contributed by atoms with Crippen molar-refractivity contribution in [3.8, 4) is 11.1 Å². The number of nitrogens with zero attached hydrogens (tertiary/aromatic N) is 2. The summed E-state index contributed by atoms with van der Waals surface area (Å²) in [7, 11) is -11.0. The molecule has 2 aliphatic heterocycles. The number of aliphatic hydroxyl groups excluding tert-OH is 2. The van der Waals surface area contributed by atoms with E-state index in [1.165, 1.54) is 23.9 Å². The standard InChI is InChI=1S/C48H52ClF3N4O7S3/c49-36-17-13-33(14-18-36)42-11-4-5-12-43(42)46(58)34-23-27-56(28-24-34)38-19-15-35(16-20-38)47(59)54-66(62,63)41-21-22-44(45(31-41)65(60,61)48(50,51)52)53-37(32-64-40-9-2-1-3-10-40)30-39-8-6-25-55(39)26-7-29-57/h1-5,9-22,31,34,37,39,46,53,57-58H,6-8,23-30,32H2,(H,54,59)/t37?,39?,46-/m1/s1. The second-order valence-corrected chi connectivity index (χ2v) is 21.7. The van der Waals surface area contributed by atoms with Crippen LogP contribution >= 0.6 is 23.4 Å². The Bertz CT molecular complexity index is 2660. The lowest BCUT2D eigenvalue weighted by atomic mass is 9.84. The predicted molar refractivity (Wildman–Crippen MR) is 253 cm³/mol. The van der Waals surface area contributed by atoms with Crippen LogP contribution in [0.2, 0.25) is 5.02 Å². The van der Waals surface area contributed by atoms with E-state index in [9.17, 15) is 45.0 Å². The average molecular weight is 986 g/mol. The molecule has 2 unspecified atom stereocenters. The zero-order valence-corrected chi connectivity index (χ0v) is 39.1. The number of halogens is 4. The number of carbonyl (C=O) groups is 1. The van der Waals surface area contributed by atoms with E-state index in [0.29, 0.717) is 62.2 Å². The minimum Gasteiger partial charge on any atom is -0.396 e. The number of hydrogen-bond donors (Lipinski definition) is 4. The molecular formula is C48H52ClF3N4O7S3. The van der Waals surface area contributed by atoms with Crippen LogP contribution in [0.15, 0.2) is 136 Å². The number of likely N-dealkylation sites (tertiary alicyclic amines) is 1. The van der Waals surface area contributed by atoms with Crippen LogP contribution in [-0.4, -0.2) is 94.0 Å². The topological polar surface area (TPSA) is 156 Å². The smallest absolute Gasteiger partial charge is 0.396 e. The number of sulfone groups is 1. The van der Waals surface area contributed by atoms with Gasteiger partial charge in [0.15, 0.2) is 0 Å². The van der Waals surface area contributed by atoms with Crippen LogP contribution < -0.4 is 14.9 Å². The van der Waals surface area contributed by atoms with Crippen molar-refractivity contribution in [1.82, 2.24) is 9.62 Å². The summed E-state index contributed by atoms with van der Waals surface area (Å²) in [5.41, 5.74) is -2.77.